The standard InChI is InChI=1S/C23H21N5O/c29-23(20-8-7-18-5-1-2-6-19(18)15-20)28-13-11-27(12-14-28)22-16-21(24-17-25-22)26-9-3-4-10-26/h1-10,15-17H,11-14H2. The van der Waals surface area contributed by atoms with E-state index < -0.39 is 0 Å². The maximum absolute atomic E-state index is 13.0. The summed E-state index contributed by atoms with van der Waals surface area (Å²) in [5.74, 6) is 1.82. The molecule has 6 heteroatoms. The third-order valence-corrected chi connectivity index (χ3v) is 5.39. The van der Waals surface area contributed by atoms with Crippen LogP contribution in [0.5, 0.6) is 0 Å². The second-order valence-corrected chi connectivity index (χ2v) is 7.17. The third kappa shape index (κ3) is 3.45. The van der Waals surface area contributed by atoms with Gasteiger partial charge in [0.05, 0.1) is 0 Å². The summed E-state index contributed by atoms with van der Waals surface area (Å²) in [5.41, 5.74) is 0.745. The van der Waals surface area contributed by atoms with E-state index in [1.54, 1.807) is 6.33 Å². The summed E-state index contributed by atoms with van der Waals surface area (Å²) in [6.07, 6.45) is 5.52. The lowest BCUT2D eigenvalue weighted by Crippen LogP contribution is -2.49. The van der Waals surface area contributed by atoms with Gasteiger partial charge in [0.1, 0.15) is 18.0 Å². The topological polar surface area (TPSA) is 54.3 Å². The molecule has 0 atom stereocenters. The molecule has 144 valence electrons. The van der Waals surface area contributed by atoms with Crippen molar-refractivity contribution in [2.45, 2.75) is 0 Å². The van der Waals surface area contributed by atoms with Crippen LogP contribution in [-0.4, -0.2) is 51.5 Å². The Morgan fingerprint density at radius 1 is 0.759 bits per heavy atom. The van der Waals surface area contributed by atoms with Crippen molar-refractivity contribution in [1.82, 2.24) is 19.4 Å². The minimum absolute atomic E-state index is 0.0890. The van der Waals surface area contributed by atoms with Crippen LogP contribution in [0.3, 0.4) is 0 Å². The van der Waals surface area contributed by atoms with E-state index >= 15 is 0 Å². The normalized spacial score (nSPS) is 14.3. The molecule has 1 saturated heterocycles. The first kappa shape index (κ1) is 17.4. The lowest BCUT2D eigenvalue weighted by Gasteiger charge is -2.35. The van der Waals surface area contributed by atoms with Gasteiger partial charge in [-0.05, 0) is 35.0 Å². The zero-order chi connectivity index (χ0) is 19.6. The zero-order valence-corrected chi connectivity index (χ0v) is 16.0. The number of fused-ring (bicyclic) bond motifs is 1. The highest BCUT2D eigenvalue weighted by Crippen LogP contribution is 2.20. The van der Waals surface area contributed by atoms with Gasteiger partial charge in [-0.15, -0.1) is 0 Å². The van der Waals surface area contributed by atoms with Gasteiger partial charge >= 0.3 is 0 Å². The number of anilines is 1. The molecule has 0 N–H and O–H groups in total. The molecule has 2 aromatic carbocycles. The molecule has 0 saturated carbocycles. The predicted octanol–water partition coefficient (Wildman–Crippen LogP) is 3.38. The van der Waals surface area contributed by atoms with Gasteiger partial charge in [-0.1, -0.05) is 30.3 Å². The number of carbonyl (C=O) groups excluding carboxylic acids is 1. The average Bonchev–Trinajstić information content (AvgIpc) is 3.34. The van der Waals surface area contributed by atoms with Gasteiger partial charge in [-0.3, -0.25) is 4.79 Å². The SMILES string of the molecule is O=C(c1ccc2ccccc2c1)N1CCN(c2cc(-n3cccc3)ncn2)CC1. The van der Waals surface area contributed by atoms with Crippen molar-refractivity contribution < 1.29 is 4.79 Å². The molecule has 2 aromatic heterocycles. The van der Waals surface area contributed by atoms with Gasteiger partial charge in [0, 0.05) is 50.2 Å². The van der Waals surface area contributed by atoms with E-state index in [0.717, 1.165) is 41.1 Å². The van der Waals surface area contributed by atoms with E-state index in [0.29, 0.717) is 13.1 Å². The Morgan fingerprint density at radius 3 is 2.28 bits per heavy atom. The third-order valence-electron chi connectivity index (χ3n) is 5.39. The largest absolute Gasteiger partial charge is 0.353 e. The Hall–Kier alpha value is -3.67. The molecular weight excluding hydrogens is 362 g/mol. The average molecular weight is 383 g/mol. The smallest absolute Gasteiger partial charge is 0.253 e. The lowest BCUT2D eigenvalue weighted by atomic mass is 10.1. The van der Waals surface area contributed by atoms with Gasteiger partial charge < -0.3 is 14.4 Å². The quantitative estimate of drug-likeness (QED) is 0.544. The van der Waals surface area contributed by atoms with Crippen LogP contribution in [0.2, 0.25) is 0 Å². The highest BCUT2D eigenvalue weighted by Gasteiger charge is 2.23. The van der Waals surface area contributed by atoms with Crippen LogP contribution >= 0.6 is 0 Å². The summed E-state index contributed by atoms with van der Waals surface area (Å²) in [6.45, 7) is 2.85. The molecule has 4 aromatic rings. The summed E-state index contributed by atoms with van der Waals surface area (Å²) in [5, 5.41) is 2.24. The predicted molar refractivity (Wildman–Crippen MR) is 113 cm³/mol. The van der Waals surface area contributed by atoms with E-state index in [1.165, 1.54) is 0 Å². The maximum Gasteiger partial charge on any atom is 0.253 e. The number of carbonyl (C=O) groups is 1. The molecule has 1 amide bonds. The highest BCUT2D eigenvalue weighted by atomic mass is 16.2. The Balaban J connectivity index is 1.28. The van der Waals surface area contributed by atoms with Crippen molar-refractivity contribution in [3.63, 3.8) is 0 Å². The molecule has 1 aliphatic rings. The number of benzene rings is 2. The van der Waals surface area contributed by atoms with Gasteiger partial charge in [0.15, 0.2) is 0 Å². The van der Waals surface area contributed by atoms with E-state index in [9.17, 15) is 4.79 Å². The molecule has 0 spiro atoms. The summed E-state index contributed by atoms with van der Waals surface area (Å²) in [4.78, 5) is 25.9. The van der Waals surface area contributed by atoms with E-state index in [1.807, 2.05) is 76.5 Å². The Bertz CT molecular complexity index is 1150. The first-order valence-electron chi connectivity index (χ1n) is 9.76. The molecular formula is C23H21N5O. The van der Waals surface area contributed by atoms with Crippen LogP contribution in [0.4, 0.5) is 5.82 Å². The summed E-state index contributed by atoms with van der Waals surface area (Å²) >= 11 is 0. The molecule has 3 heterocycles. The van der Waals surface area contributed by atoms with Crippen LogP contribution in [0, 0.1) is 0 Å². The number of piperazine rings is 1. The van der Waals surface area contributed by atoms with Crippen molar-refractivity contribution in [2.24, 2.45) is 0 Å². The fourth-order valence-electron chi connectivity index (χ4n) is 3.78. The van der Waals surface area contributed by atoms with Crippen LogP contribution in [0.1, 0.15) is 10.4 Å². The van der Waals surface area contributed by atoms with Gasteiger partial charge in [0.2, 0.25) is 0 Å². The summed E-state index contributed by atoms with van der Waals surface area (Å²) < 4.78 is 1.96. The van der Waals surface area contributed by atoms with Gasteiger partial charge in [0.25, 0.3) is 5.91 Å². The molecule has 0 radical (unpaired) electrons. The van der Waals surface area contributed by atoms with Crippen LogP contribution in [0.25, 0.3) is 16.6 Å². The molecule has 5 rings (SSSR count). The molecule has 6 nitrogen and oxygen atoms in total. The highest BCUT2D eigenvalue weighted by molar-refractivity contribution is 5.98. The van der Waals surface area contributed by atoms with Crippen molar-refractivity contribution in [3.05, 3.63) is 84.9 Å². The summed E-state index contributed by atoms with van der Waals surface area (Å²) in [7, 11) is 0. The van der Waals surface area contributed by atoms with E-state index in [2.05, 4.69) is 20.9 Å². The minimum Gasteiger partial charge on any atom is -0.353 e. The Morgan fingerprint density at radius 2 is 1.48 bits per heavy atom. The van der Waals surface area contributed by atoms with Crippen LogP contribution in [0.15, 0.2) is 79.4 Å². The number of hydrogen-bond acceptors (Lipinski definition) is 4. The van der Waals surface area contributed by atoms with Crippen LogP contribution in [-0.2, 0) is 0 Å². The fraction of sp³-hybridized carbons (Fsp3) is 0.174. The molecule has 1 fully saturated rings. The number of hydrogen-bond donors (Lipinski definition) is 0. The van der Waals surface area contributed by atoms with Crippen molar-refractivity contribution >= 4 is 22.5 Å². The zero-order valence-electron chi connectivity index (χ0n) is 16.0. The van der Waals surface area contributed by atoms with E-state index in [-0.39, 0.29) is 5.91 Å². The molecule has 0 unspecified atom stereocenters. The van der Waals surface area contributed by atoms with E-state index in [4.69, 9.17) is 0 Å². The molecule has 29 heavy (non-hydrogen) atoms. The van der Waals surface area contributed by atoms with Crippen molar-refractivity contribution in [2.75, 3.05) is 31.1 Å². The molecule has 1 aliphatic heterocycles. The summed E-state index contributed by atoms with van der Waals surface area (Å²) in [6, 6.07) is 20.0. The second kappa shape index (κ2) is 7.39. The minimum atomic E-state index is 0.0890. The van der Waals surface area contributed by atoms with Crippen molar-refractivity contribution in [3.8, 4) is 5.82 Å². The maximum atomic E-state index is 13.0. The number of amides is 1. The Kier molecular flexibility index (Phi) is 4.44. The van der Waals surface area contributed by atoms with Crippen molar-refractivity contribution in [1.29, 1.82) is 0 Å². The monoisotopic (exact) mass is 383 g/mol. The Labute approximate surface area is 169 Å². The van der Waals surface area contributed by atoms with Gasteiger partial charge in [-0.2, -0.15) is 0 Å². The molecule has 0 aliphatic carbocycles. The van der Waals surface area contributed by atoms with Crippen LogP contribution < -0.4 is 4.90 Å². The molecule has 0 bridgehead atoms. The number of rotatable bonds is 3. The number of nitrogens with zero attached hydrogens (tertiary/aromatic N) is 5. The fourth-order valence-corrected chi connectivity index (χ4v) is 3.78. The first-order valence-corrected chi connectivity index (χ1v) is 9.76. The lowest BCUT2D eigenvalue weighted by molar-refractivity contribution is 0.0746. The second-order valence-electron chi connectivity index (χ2n) is 7.17. The van der Waals surface area contributed by atoms with Gasteiger partial charge in [-0.25, -0.2) is 9.97 Å². The number of aromatic nitrogens is 3. The first-order chi connectivity index (χ1) is 14.3.